The summed E-state index contributed by atoms with van der Waals surface area (Å²) < 4.78 is 5.45. The monoisotopic (exact) mass is 381 g/mol. The molecule has 4 rings (SSSR count). The molecule has 1 aromatic carbocycles. The maximum Gasteiger partial charge on any atom is 0.272 e. The van der Waals surface area contributed by atoms with Crippen LogP contribution in [-0.2, 0) is 0 Å². The molecule has 2 aliphatic heterocycles. The summed E-state index contributed by atoms with van der Waals surface area (Å²) in [4.78, 5) is 22.3. The second kappa shape index (κ2) is 8.91. The minimum absolute atomic E-state index is 0.0321. The molecule has 0 radical (unpaired) electrons. The van der Waals surface area contributed by atoms with Crippen LogP contribution in [0.15, 0.2) is 30.3 Å². The highest BCUT2D eigenvalue weighted by molar-refractivity contribution is 5.98. The van der Waals surface area contributed by atoms with E-state index in [9.17, 15) is 4.79 Å². The Kier molecular flexibility index (Phi) is 6.10. The van der Waals surface area contributed by atoms with Crippen molar-refractivity contribution in [2.24, 2.45) is 5.92 Å². The van der Waals surface area contributed by atoms with Gasteiger partial charge in [-0.15, -0.1) is 0 Å². The lowest BCUT2D eigenvalue weighted by Crippen LogP contribution is -2.44. The summed E-state index contributed by atoms with van der Waals surface area (Å²) in [5, 5.41) is 1.94. The minimum Gasteiger partial charge on any atom is -0.481 e. The van der Waals surface area contributed by atoms with Gasteiger partial charge in [-0.3, -0.25) is 4.79 Å². The van der Waals surface area contributed by atoms with E-state index in [-0.39, 0.29) is 5.91 Å². The maximum atomic E-state index is 13.2. The lowest BCUT2D eigenvalue weighted by molar-refractivity contribution is 0.0634. The number of pyridine rings is 1. The van der Waals surface area contributed by atoms with E-state index >= 15 is 0 Å². The lowest BCUT2D eigenvalue weighted by atomic mass is 9.96. The quantitative estimate of drug-likeness (QED) is 0.804. The van der Waals surface area contributed by atoms with Crippen molar-refractivity contribution in [3.8, 4) is 5.88 Å². The number of carbonyl (C=O) groups excluding carboxylic acids is 1. The normalized spacial score (nSPS) is 21.5. The molecule has 2 aliphatic rings. The number of amides is 1. The first-order valence-electron chi connectivity index (χ1n) is 10.7. The van der Waals surface area contributed by atoms with Crippen LogP contribution in [0.1, 0.15) is 49.0 Å². The van der Waals surface area contributed by atoms with E-state index in [0.717, 1.165) is 36.8 Å². The molecular formula is C23H31N3O2. The molecule has 1 amide bonds. The Morgan fingerprint density at radius 1 is 1.11 bits per heavy atom. The number of methoxy groups -OCH3 is 1. The summed E-state index contributed by atoms with van der Waals surface area (Å²) in [7, 11) is 1.61. The number of fused-ring (bicyclic) bond motifs is 1. The Morgan fingerprint density at radius 3 is 2.68 bits per heavy atom. The van der Waals surface area contributed by atoms with Crippen molar-refractivity contribution in [3.05, 3.63) is 36.0 Å². The third-order valence-corrected chi connectivity index (χ3v) is 6.14. The van der Waals surface area contributed by atoms with Gasteiger partial charge in [0.25, 0.3) is 5.91 Å². The van der Waals surface area contributed by atoms with Crippen molar-refractivity contribution in [1.82, 2.24) is 14.8 Å². The number of piperidine rings is 1. The van der Waals surface area contributed by atoms with Gasteiger partial charge in [-0.1, -0.05) is 31.0 Å². The van der Waals surface area contributed by atoms with Gasteiger partial charge in [0.2, 0.25) is 5.88 Å². The molecule has 2 saturated heterocycles. The fourth-order valence-corrected chi connectivity index (χ4v) is 4.68. The molecule has 0 aliphatic carbocycles. The van der Waals surface area contributed by atoms with Gasteiger partial charge < -0.3 is 14.5 Å². The van der Waals surface area contributed by atoms with Crippen molar-refractivity contribution >= 4 is 16.7 Å². The molecule has 0 bridgehead atoms. The number of carbonyl (C=O) groups is 1. The molecule has 1 aromatic heterocycles. The van der Waals surface area contributed by atoms with Crippen LogP contribution < -0.4 is 4.74 Å². The Balaban J connectivity index is 1.47. The second-order valence-electron chi connectivity index (χ2n) is 8.21. The Bertz CT molecular complexity index is 815. The number of ether oxygens (including phenoxy) is 1. The van der Waals surface area contributed by atoms with Crippen LogP contribution in [0, 0.1) is 5.92 Å². The molecule has 0 N–H and O–H groups in total. The van der Waals surface area contributed by atoms with E-state index in [1.165, 1.54) is 45.2 Å². The van der Waals surface area contributed by atoms with Crippen molar-refractivity contribution in [3.63, 3.8) is 0 Å². The average molecular weight is 382 g/mol. The average Bonchev–Trinajstić information content (AvgIpc) is 3.01. The molecule has 0 saturated carbocycles. The van der Waals surface area contributed by atoms with Gasteiger partial charge >= 0.3 is 0 Å². The van der Waals surface area contributed by atoms with Gasteiger partial charge in [0.1, 0.15) is 5.69 Å². The summed E-state index contributed by atoms with van der Waals surface area (Å²) in [6.45, 7) is 5.22. The van der Waals surface area contributed by atoms with Gasteiger partial charge in [-0.25, -0.2) is 4.98 Å². The van der Waals surface area contributed by atoms with E-state index in [1.807, 2.05) is 35.2 Å². The van der Waals surface area contributed by atoms with Crippen LogP contribution in [0.4, 0.5) is 0 Å². The van der Waals surface area contributed by atoms with Gasteiger partial charge in [0.05, 0.1) is 7.11 Å². The van der Waals surface area contributed by atoms with Crippen LogP contribution in [0.3, 0.4) is 0 Å². The zero-order valence-electron chi connectivity index (χ0n) is 16.9. The first kappa shape index (κ1) is 19.2. The molecule has 150 valence electrons. The zero-order chi connectivity index (χ0) is 19.3. The molecular weight excluding hydrogens is 350 g/mol. The highest BCUT2D eigenvalue weighted by Crippen LogP contribution is 2.26. The van der Waals surface area contributed by atoms with Gasteiger partial charge in [-0.05, 0) is 62.2 Å². The van der Waals surface area contributed by atoms with Crippen LogP contribution in [0.5, 0.6) is 5.88 Å². The van der Waals surface area contributed by atoms with E-state index in [1.54, 1.807) is 7.11 Å². The van der Waals surface area contributed by atoms with Gasteiger partial charge in [0, 0.05) is 25.0 Å². The van der Waals surface area contributed by atoms with Crippen molar-refractivity contribution in [2.45, 2.75) is 38.5 Å². The van der Waals surface area contributed by atoms with E-state index in [0.29, 0.717) is 17.5 Å². The van der Waals surface area contributed by atoms with Crippen LogP contribution in [-0.4, -0.2) is 60.5 Å². The highest BCUT2D eigenvalue weighted by atomic mass is 16.5. The molecule has 5 nitrogen and oxygen atoms in total. The summed E-state index contributed by atoms with van der Waals surface area (Å²) in [5.41, 5.74) is 0.492. The van der Waals surface area contributed by atoms with E-state index < -0.39 is 0 Å². The third-order valence-electron chi connectivity index (χ3n) is 6.14. The summed E-state index contributed by atoms with van der Waals surface area (Å²) >= 11 is 0. The van der Waals surface area contributed by atoms with E-state index in [4.69, 9.17) is 4.74 Å². The molecule has 3 heterocycles. The lowest BCUT2D eigenvalue weighted by Gasteiger charge is -2.35. The molecule has 2 fully saturated rings. The highest BCUT2D eigenvalue weighted by Gasteiger charge is 2.27. The van der Waals surface area contributed by atoms with Crippen molar-refractivity contribution < 1.29 is 9.53 Å². The largest absolute Gasteiger partial charge is 0.481 e. The van der Waals surface area contributed by atoms with Gasteiger partial charge in [-0.2, -0.15) is 0 Å². The number of likely N-dealkylation sites (tertiary alicyclic amines) is 2. The van der Waals surface area contributed by atoms with Gasteiger partial charge in [0.15, 0.2) is 0 Å². The molecule has 1 unspecified atom stereocenters. The standard InChI is InChI=1S/C23H31N3O2/c1-28-22-20-11-5-4-10-19(20)15-21(24-22)23(27)26-14-8-9-18(17-26)16-25-12-6-2-3-7-13-25/h4-5,10-11,15,18H,2-3,6-9,12-14,16-17H2,1H3. The maximum absolute atomic E-state index is 13.2. The SMILES string of the molecule is COc1nc(C(=O)N2CCCC(CN3CCCCCC3)C2)cc2ccccc12. The van der Waals surface area contributed by atoms with E-state index in [2.05, 4.69) is 9.88 Å². The number of hydrogen-bond acceptors (Lipinski definition) is 4. The smallest absolute Gasteiger partial charge is 0.272 e. The molecule has 0 spiro atoms. The predicted molar refractivity (Wildman–Crippen MR) is 112 cm³/mol. The number of rotatable bonds is 4. The number of aromatic nitrogens is 1. The van der Waals surface area contributed by atoms with Crippen molar-refractivity contribution in [1.29, 1.82) is 0 Å². The Labute approximate surface area is 167 Å². The summed E-state index contributed by atoms with van der Waals surface area (Å²) in [6, 6.07) is 9.83. The number of nitrogens with zero attached hydrogens (tertiary/aromatic N) is 3. The second-order valence-corrected chi connectivity index (χ2v) is 8.21. The summed E-state index contributed by atoms with van der Waals surface area (Å²) in [5.74, 6) is 1.13. The first-order valence-corrected chi connectivity index (χ1v) is 10.7. The Hall–Kier alpha value is -2.14. The first-order chi connectivity index (χ1) is 13.7. The topological polar surface area (TPSA) is 45.7 Å². The van der Waals surface area contributed by atoms with Crippen molar-refractivity contribution in [2.75, 3.05) is 39.8 Å². The molecule has 1 atom stereocenters. The van der Waals surface area contributed by atoms with Crippen LogP contribution >= 0.6 is 0 Å². The Morgan fingerprint density at radius 2 is 1.89 bits per heavy atom. The summed E-state index contributed by atoms with van der Waals surface area (Å²) in [6.07, 6.45) is 7.65. The van der Waals surface area contributed by atoms with Crippen LogP contribution in [0.25, 0.3) is 10.8 Å². The van der Waals surface area contributed by atoms with Crippen LogP contribution in [0.2, 0.25) is 0 Å². The minimum atomic E-state index is 0.0321. The molecule has 28 heavy (non-hydrogen) atoms. The fraction of sp³-hybridized carbons (Fsp3) is 0.565. The molecule has 5 heteroatoms. The predicted octanol–water partition coefficient (Wildman–Crippen LogP) is 3.97. The number of hydrogen-bond donors (Lipinski definition) is 0. The number of benzene rings is 1. The molecule has 2 aromatic rings. The fourth-order valence-electron chi connectivity index (χ4n) is 4.68. The zero-order valence-corrected chi connectivity index (χ0v) is 16.9. The third kappa shape index (κ3) is 4.30.